The van der Waals surface area contributed by atoms with E-state index in [0.717, 1.165) is 41.0 Å². The maximum Gasteiger partial charge on any atom is 0.264 e. The summed E-state index contributed by atoms with van der Waals surface area (Å²) in [5.41, 5.74) is 14.7. The minimum atomic E-state index is -4.16. The Morgan fingerprint density at radius 3 is 1.46 bits per heavy atom. The molecule has 17 heteroatoms. The fourth-order valence-electron chi connectivity index (χ4n) is 5.30. The van der Waals surface area contributed by atoms with Crippen molar-refractivity contribution in [3.05, 3.63) is 209 Å². The Morgan fingerprint density at radius 1 is 0.524 bits per heavy atom. The molecule has 7 aromatic rings. The molecule has 0 atom stereocenters. The Hall–Kier alpha value is -7.55. The van der Waals surface area contributed by atoms with E-state index in [0.29, 0.717) is 11.1 Å². The van der Waals surface area contributed by atoms with Crippen LogP contribution in [0, 0.1) is 58.3 Å². The Labute approximate surface area is 364 Å². The lowest BCUT2D eigenvalue weighted by Crippen LogP contribution is -2.08. The summed E-state index contributed by atoms with van der Waals surface area (Å²) in [6.45, 7) is 6.94. The van der Waals surface area contributed by atoms with Crippen molar-refractivity contribution in [2.75, 3.05) is 11.5 Å². The molecule has 0 aromatic heterocycles. The zero-order valence-corrected chi connectivity index (χ0v) is 34.7. The molecule has 0 amide bonds. The molecule has 0 saturated carbocycles. The van der Waals surface area contributed by atoms with Crippen LogP contribution in [-0.2, 0) is 24.6 Å². The number of halogens is 6. The normalized spacial score (nSPS) is 10.5. The third-order valence-corrected chi connectivity index (χ3v) is 11.4. The third kappa shape index (κ3) is 13.7. The zero-order valence-electron chi connectivity index (χ0n) is 32.4. The Balaban J connectivity index is 0.000000200. The van der Waals surface area contributed by atoms with Crippen LogP contribution < -0.4 is 11.5 Å². The lowest BCUT2D eigenvalue weighted by Gasteiger charge is -2.10. The van der Waals surface area contributed by atoms with Gasteiger partial charge < -0.3 is 11.5 Å². The highest BCUT2D eigenvalue weighted by Gasteiger charge is 2.22. The molecule has 0 fully saturated rings. The van der Waals surface area contributed by atoms with Gasteiger partial charge in [-0.15, -0.1) is 0 Å². The van der Waals surface area contributed by atoms with E-state index >= 15 is 0 Å². The number of sulfone groups is 1. The molecule has 0 radical (unpaired) electrons. The smallest absolute Gasteiger partial charge is 0.264 e. The first kappa shape index (κ1) is 48.1. The van der Waals surface area contributed by atoms with Gasteiger partial charge in [-0.05, 0) is 95.1 Å². The van der Waals surface area contributed by atoms with E-state index in [1.165, 1.54) is 48.5 Å². The van der Waals surface area contributed by atoms with E-state index in [1.807, 2.05) is 66.7 Å². The molecule has 0 saturated heterocycles. The number of nitriles is 2. The number of nitrogens with zero attached hydrogens (tertiary/aromatic N) is 3. The highest BCUT2D eigenvalue weighted by Crippen LogP contribution is 2.28. The van der Waals surface area contributed by atoms with Gasteiger partial charge in [0.05, 0.1) is 51.9 Å². The van der Waals surface area contributed by atoms with E-state index in [9.17, 15) is 38.8 Å². The van der Waals surface area contributed by atoms with E-state index in [2.05, 4.69) is 4.85 Å². The van der Waals surface area contributed by atoms with Crippen LogP contribution in [0.3, 0.4) is 0 Å². The van der Waals surface area contributed by atoms with Crippen LogP contribution in [0.15, 0.2) is 161 Å². The minimum Gasteiger partial charge on any atom is -0.396 e. The lowest BCUT2D eigenvalue weighted by molar-refractivity contribution is 0.563. The van der Waals surface area contributed by atoms with Gasteiger partial charge >= 0.3 is 0 Å². The van der Waals surface area contributed by atoms with Gasteiger partial charge in [-0.1, -0.05) is 78.9 Å². The highest BCUT2D eigenvalue weighted by molar-refractivity contribution is 8.13. The number of hydrogen-bond acceptors (Lipinski definition) is 8. The summed E-state index contributed by atoms with van der Waals surface area (Å²) in [7, 11) is -3.36. The van der Waals surface area contributed by atoms with Gasteiger partial charge in [0, 0.05) is 16.2 Å². The van der Waals surface area contributed by atoms with Gasteiger partial charge in [0.2, 0.25) is 0 Å². The molecular weight excluding hydrogens is 881 g/mol. The van der Waals surface area contributed by atoms with Crippen molar-refractivity contribution in [1.29, 1.82) is 10.5 Å². The number of hydrogen-bond donors (Lipinski definition) is 2. The number of nitrogen functional groups attached to an aromatic ring is 2. The first-order valence-corrected chi connectivity index (χ1v) is 21.8. The second-order valence-corrected chi connectivity index (χ2v) is 17.3. The summed E-state index contributed by atoms with van der Waals surface area (Å²) >= 11 is 0. The SMILES string of the molecule is N#Cc1ccc(F)c(N)c1.N#Cc1ccc(F)c(S(=O)(=O)Cl)c1.Nc1cc(-c2ccccc2)ccc1F.[C-]#[N+]c1ccc(F)c(S(=O)(=O)Cc2cc(-c3ccccc3)ccc2F)c1. The quantitative estimate of drug-likeness (QED) is 0.0718. The van der Waals surface area contributed by atoms with Crippen LogP contribution in [0.2, 0.25) is 0 Å². The summed E-state index contributed by atoms with van der Waals surface area (Å²) in [4.78, 5) is 1.83. The first-order valence-electron chi connectivity index (χ1n) is 17.8. The van der Waals surface area contributed by atoms with Crippen molar-refractivity contribution in [3.63, 3.8) is 0 Å². The average Bonchev–Trinajstić information content (AvgIpc) is 3.27. The largest absolute Gasteiger partial charge is 0.396 e. The second kappa shape index (κ2) is 21.8. The van der Waals surface area contributed by atoms with Gasteiger partial charge in [-0.25, -0.2) is 43.6 Å². The molecular formula is C46H31ClF5N5O4S2. The van der Waals surface area contributed by atoms with Crippen LogP contribution in [0.4, 0.5) is 39.0 Å². The van der Waals surface area contributed by atoms with Crippen molar-refractivity contribution in [2.45, 2.75) is 15.5 Å². The summed E-state index contributed by atoms with van der Waals surface area (Å²) < 4.78 is 113. The Morgan fingerprint density at radius 2 is 0.968 bits per heavy atom. The summed E-state index contributed by atoms with van der Waals surface area (Å²) in [5, 5.41) is 16.7. The number of anilines is 2. The molecule has 63 heavy (non-hydrogen) atoms. The molecule has 318 valence electrons. The van der Waals surface area contributed by atoms with E-state index in [-0.39, 0.29) is 34.0 Å². The van der Waals surface area contributed by atoms with Crippen molar-refractivity contribution in [2.24, 2.45) is 0 Å². The average molecular weight is 912 g/mol. The lowest BCUT2D eigenvalue weighted by atomic mass is 10.0. The molecule has 0 unspecified atom stereocenters. The van der Waals surface area contributed by atoms with Gasteiger partial charge in [0.25, 0.3) is 9.05 Å². The molecule has 0 aliphatic heterocycles. The maximum absolute atomic E-state index is 14.2. The van der Waals surface area contributed by atoms with Crippen molar-refractivity contribution in [3.8, 4) is 34.4 Å². The van der Waals surface area contributed by atoms with Gasteiger partial charge in [-0.3, -0.25) is 0 Å². The topological polar surface area (TPSA) is 172 Å². The van der Waals surface area contributed by atoms with Gasteiger partial charge in [0.1, 0.15) is 34.0 Å². The van der Waals surface area contributed by atoms with E-state index in [1.54, 1.807) is 24.3 Å². The highest BCUT2D eigenvalue weighted by atomic mass is 35.7. The number of rotatable bonds is 6. The second-order valence-electron chi connectivity index (χ2n) is 12.8. The zero-order chi connectivity index (χ0) is 46.3. The third-order valence-electron chi connectivity index (χ3n) is 8.43. The predicted molar refractivity (Wildman–Crippen MR) is 231 cm³/mol. The molecule has 7 aromatic carbocycles. The molecule has 0 heterocycles. The van der Waals surface area contributed by atoms with Crippen LogP contribution in [0.1, 0.15) is 16.7 Å². The number of nitrogens with two attached hydrogens (primary N) is 2. The van der Waals surface area contributed by atoms with Crippen molar-refractivity contribution < 1.29 is 38.8 Å². The molecule has 9 nitrogen and oxygen atoms in total. The Bertz CT molecular complexity index is 3110. The van der Waals surface area contributed by atoms with E-state index < -0.39 is 57.7 Å². The summed E-state index contributed by atoms with van der Waals surface area (Å²) in [6.07, 6.45) is 0. The molecule has 0 spiro atoms. The van der Waals surface area contributed by atoms with Gasteiger partial charge in [0.15, 0.2) is 15.5 Å². The fraction of sp³-hybridized carbons (Fsp3) is 0.0217. The van der Waals surface area contributed by atoms with Gasteiger partial charge in [-0.2, -0.15) is 10.5 Å². The summed E-state index contributed by atoms with van der Waals surface area (Å²) in [5.74, 6) is -4.16. The summed E-state index contributed by atoms with van der Waals surface area (Å²) in [6, 6.07) is 41.2. The van der Waals surface area contributed by atoms with Crippen molar-refractivity contribution >= 4 is 46.6 Å². The molecule has 0 aliphatic rings. The maximum atomic E-state index is 14.2. The first-order chi connectivity index (χ1) is 29.9. The standard InChI is InChI=1S/C20H13F2NO2S.C12H10FN.C7H3ClFNO2S.C7H5FN2/c1-23-17-8-10-19(22)20(12-17)26(24,25)13-16-11-15(7-9-18(16)21)14-5-3-2-4-6-14;13-11-7-6-10(8-12(11)14)9-4-2-1-3-5-9;8-13(11,12)7-3-5(4-10)1-2-6(7)9;8-6-2-1-5(4-9)3-7(6)10/h2-12H,13H2;1-8H,14H2;1-3H;1-3H,10H2. The molecule has 4 N–H and O–H groups in total. The van der Waals surface area contributed by atoms with Crippen LogP contribution in [0.5, 0.6) is 0 Å². The Kier molecular flexibility index (Phi) is 16.7. The molecule has 7 rings (SSSR count). The predicted octanol–water partition coefficient (Wildman–Crippen LogP) is 11.1. The van der Waals surface area contributed by atoms with Crippen LogP contribution in [-0.4, -0.2) is 16.8 Å². The number of benzene rings is 7. The van der Waals surface area contributed by atoms with Crippen molar-refractivity contribution in [1.82, 2.24) is 0 Å². The minimum absolute atomic E-state index is 0.00323. The molecule has 0 aliphatic carbocycles. The fourth-order valence-corrected chi connectivity index (χ4v) is 7.68. The monoisotopic (exact) mass is 911 g/mol. The van der Waals surface area contributed by atoms with E-state index in [4.69, 9.17) is 39.2 Å². The molecule has 0 bridgehead atoms. The van der Waals surface area contributed by atoms with Crippen LogP contribution >= 0.6 is 10.7 Å². The van der Waals surface area contributed by atoms with Crippen LogP contribution in [0.25, 0.3) is 27.1 Å².